The lowest BCUT2D eigenvalue weighted by molar-refractivity contribution is -0.120. The number of anilines is 1. The second kappa shape index (κ2) is 9.15. The molecule has 0 spiro atoms. The molecule has 1 amide bonds. The van der Waals surface area contributed by atoms with Crippen LogP contribution >= 0.6 is 12.2 Å². The summed E-state index contributed by atoms with van der Waals surface area (Å²) in [4.78, 5) is 11.9. The zero-order chi connectivity index (χ0) is 19.1. The van der Waals surface area contributed by atoms with Crippen molar-refractivity contribution in [3.05, 3.63) is 59.4 Å². The molecule has 138 valence electrons. The molecule has 2 rings (SSSR count). The summed E-state index contributed by atoms with van der Waals surface area (Å²) in [5.41, 5.74) is 7.69. The van der Waals surface area contributed by atoms with Gasteiger partial charge in [0, 0.05) is 5.69 Å². The number of hydrazine groups is 1. The highest BCUT2D eigenvalue weighted by atomic mass is 32.1. The number of hydrogen-bond donors (Lipinski definition) is 3. The zero-order valence-corrected chi connectivity index (χ0v) is 15.7. The number of amides is 1. The Kier molecular flexibility index (Phi) is 6.91. The first kappa shape index (κ1) is 19.7. The van der Waals surface area contributed by atoms with Gasteiger partial charge < -0.3 is 10.1 Å². The van der Waals surface area contributed by atoms with Crippen LogP contribution in [0.1, 0.15) is 30.9 Å². The molecule has 2 aromatic rings. The molecule has 0 fully saturated rings. The van der Waals surface area contributed by atoms with E-state index in [1.807, 2.05) is 24.3 Å². The maximum absolute atomic E-state index is 13.6. The third-order valence-corrected chi connectivity index (χ3v) is 3.94. The molecule has 0 atom stereocenters. The first-order chi connectivity index (χ1) is 12.4. The van der Waals surface area contributed by atoms with E-state index < -0.39 is 5.82 Å². The third kappa shape index (κ3) is 5.70. The van der Waals surface area contributed by atoms with Crippen molar-refractivity contribution >= 4 is 28.9 Å². The van der Waals surface area contributed by atoms with E-state index in [1.165, 1.54) is 24.8 Å². The number of carbonyl (C=O) groups is 1. The van der Waals surface area contributed by atoms with Crippen molar-refractivity contribution in [3.63, 3.8) is 0 Å². The van der Waals surface area contributed by atoms with E-state index in [9.17, 15) is 9.18 Å². The maximum atomic E-state index is 13.6. The van der Waals surface area contributed by atoms with Crippen LogP contribution in [0, 0.1) is 5.82 Å². The van der Waals surface area contributed by atoms with Gasteiger partial charge in [0.15, 0.2) is 16.7 Å². The molecule has 0 unspecified atom stereocenters. The molecule has 7 heteroatoms. The number of nitrogens with one attached hydrogen (secondary N) is 3. The number of benzene rings is 2. The Bertz CT molecular complexity index is 779. The van der Waals surface area contributed by atoms with Crippen molar-refractivity contribution in [1.82, 2.24) is 10.9 Å². The summed E-state index contributed by atoms with van der Waals surface area (Å²) in [6, 6.07) is 12.3. The van der Waals surface area contributed by atoms with Gasteiger partial charge in [0.25, 0.3) is 0 Å². The van der Waals surface area contributed by atoms with Crippen LogP contribution in [0.2, 0.25) is 0 Å². The normalized spacial score (nSPS) is 10.3. The van der Waals surface area contributed by atoms with Crippen LogP contribution in [-0.4, -0.2) is 18.1 Å². The summed E-state index contributed by atoms with van der Waals surface area (Å²) >= 11 is 5.14. The number of hydrogen-bond acceptors (Lipinski definition) is 3. The molecule has 0 bridgehead atoms. The van der Waals surface area contributed by atoms with Gasteiger partial charge in [-0.1, -0.05) is 32.0 Å². The van der Waals surface area contributed by atoms with Crippen LogP contribution < -0.4 is 20.9 Å². The smallest absolute Gasteiger partial charge is 0.242 e. The summed E-state index contributed by atoms with van der Waals surface area (Å²) < 4.78 is 18.5. The standard InChI is InChI=1S/C19H22FN3O2S/c1-12(2)14-5-7-15(8-6-14)21-19(26)23-22-18(24)11-13-4-9-17(25-3)16(20)10-13/h4-10,12H,11H2,1-3H3,(H,22,24)(H2,21,23,26). The predicted octanol–water partition coefficient (Wildman–Crippen LogP) is 3.52. The van der Waals surface area contributed by atoms with E-state index in [-0.39, 0.29) is 23.2 Å². The fraction of sp³-hybridized carbons (Fsp3) is 0.263. The highest BCUT2D eigenvalue weighted by Crippen LogP contribution is 2.18. The van der Waals surface area contributed by atoms with E-state index in [0.29, 0.717) is 11.5 Å². The quantitative estimate of drug-likeness (QED) is 0.551. The van der Waals surface area contributed by atoms with E-state index in [4.69, 9.17) is 17.0 Å². The fourth-order valence-electron chi connectivity index (χ4n) is 2.29. The number of carbonyl (C=O) groups excluding carboxylic acids is 1. The van der Waals surface area contributed by atoms with Crippen molar-refractivity contribution in [2.24, 2.45) is 0 Å². The third-order valence-electron chi connectivity index (χ3n) is 3.73. The molecule has 0 aromatic heterocycles. The molecule has 3 N–H and O–H groups in total. The lowest BCUT2D eigenvalue weighted by Gasteiger charge is -2.13. The largest absolute Gasteiger partial charge is 0.494 e. The van der Waals surface area contributed by atoms with Gasteiger partial charge in [0.2, 0.25) is 5.91 Å². The average molecular weight is 375 g/mol. The number of thiocarbonyl (C=S) groups is 1. The Labute approximate surface area is 157 Å². The highest BCUT2D eigenvalue weighted by molar-refractivity contribution is 7.80. The molecule has 2 aromatic carbocycles. The Hall–Kier alpha value is -2.67. The average Bonchev–Trinajstić information content (AvgIpc) is 2.60. The monoisotopic (exact) mass is 375 g/mol. The number of ether oxygens (including phenoxy) is 1. The molecule has 0 saturated heterocycles. The molecule has 0 radical (unpaired) electrons. The van der Waals surface area contributed by atoms with E-state index in [2.05, 4.69) is 30.0 Å². The van der Waals surface area contributed by atoms with Gasteiger partial charge in [0.05, 0.1) is 13.5 Å². The van der Waals surface area contributed by atoms with Crippen LogP contribution in [0.15, 0.2) is 42.5 Å². The highest BCUT2D eigenvalue weighted by Gasteiger charge is 2.08. The van der Waals surface area contributed by atoms with E-state index in [0.717, 1.165) is 5.69 Å². The van der Waals surface area contributed by atoms with Crippen LogP contribution in [-0.2, 0) is 11.2 Å². The molecule has 0 saturated carbocycles. The van der Waals surface area contributed by atoms with Gasteiger partial charge in [-0.2, -0.15) is 0 Å². The molecular formula is C19H22FN3O2S. The van der Waals surface area contributed by atoms with Crippen molar-refractivity contribution in [1.29, 1.82) is 0 Å². The Balaban J connectivity index is 1.81. The molecule has 0 aliphatic heterocycles. The van der Waals surface area contributed by atoms with Gasteiger partial charge in [-0.25, -0.2) is 4.39 Å². The van der Waals surface area contributed by atoms with Gasteiger partial charge in [-0.05, 0) is 53.5 Å². The van der Waals surface area contributed by atoms with Gasteiger partial charge in [0.1, 0.15) is 0 Å². The molecule has 0 heterocycles. The topological polar surface area (TPSA) is 62.4 Å². The molecule has 0 aliphatic carbocycles. The molecule has 5 nitrogen and oxygen atoms in total. The number of rotatable bonds is 5. The number of methoxy groups -OCH3 is 1. The van der Waals surface area contributed by atoms with Crippen molar-refractivity contribution < 1.29 is 13.9 Å². The second-order valence-electron chi connectivity index (χ2n) is 6.05. The van der Waals surface area contributed by atoms with E-state index in [1.54, 1.807) is 6.07 Å². The van der Waals surface area contributed by atoms with Gasteiger partial charge >= 0.3 is 0 Å². The van der Waals surface area contributed by atoms with Gasteiger partial charge in [-0.3, -0.25) is 15.6 Å². The summed E-state index contributed by atoms with van der Waals surface area (Å²) in [6.45, 7) is 4.25. The summed E-state index contributed by atoms with van der Waals surface area (Å²) in [6.07, 6.45) is 0.0135. The Morgan fingerprint density at radius 1 is 1.15 bits per heavy atom. The molecule has 0 aliphatic rings. The maximum Gasteiger partial charge on any atom is 0.242 e. The lowest BCUT2D eigenvalue weighted by Crippen LogP contribution is -2.44. The summed E-state index contributed by atoms with van der Waals surface area (Å²) in [5.74, 6) is -0.251. The first-order valence-corrected chi connectivity index (χ1v) is 8.58. The van der Waals surface area contributed by atoms with Crippen LogP contribution in [0.25, 0.3) is 0 Å². The predicted molar refractivity (Wildman–Crippen MR) is 105 cm³/mol. The fourth-order valence-corrected chi connectivity index (χ4v) is 2.46. The van der Waals surface area contributed by atoms with Crippen molar-refractivity contribution in [2.45, 2.75) is 26.2 Å². The Morgan fingerprint density at radius 2 is 1.85 bits per heavy atom. The minimum Gasteiger partial charge on any atom is -0.494 e. The number of halogens is 1. The first-order valence-electron chi connectivity index (χ1n) is 8.17. The summed E-state index contributed by atoms with van der Waals surface area (Å²) in [5, 5.41) is 3.24. The van der Waals surface area contributed by atoms with Crippen molar-refractivity contribution in [2.75, 3.05) is 12.4 Å². The molecular weight excluding hydrogens is 353 g/mol. The summed E-state index contributed by atoms with van der Waals surface area (Å²) in [7, 11) is 1.39. The zero-order valence-electron chi connectivity index (χ0n) is 14.9. The van der Waals surface area contributed by atoms with Crippen LogP contribution in [0.5, 0.6) is 5.75 Å². The lowest BCUT2D eigenvalue weighted by atomic mass is 10.0. The van der Waals surface area contributed by atoms with Crippen LogP contribution in [0.4, 0.5) is 10.1 Å². The SMILES string of the molecule is COc1ccc(CC(=O)NNC(=S)Nc2ccc(C(C)C)cc2)cc1F. The van der Waals surface area contributed by atoms with E-state index >= 15 is 0 Å². The minimum atomic E-state index is -0.507. The minimum absolute atomic E-state index is 0.0135. The Morgan fingerprint density at radius 3 is 2.42 bits per heavy atom. The van der Waals surface area contributed by atoms with Crippen molar-refractivity contribution in [3.8, 4) is 5.75 Å². The molecule has 26 heavy (non-hydrogen) atoms. The van der Waals surface area contributed by atoms with Gasteiger partial charge in [-0.15, -0.1) is 0 Å². The second-order valence-corrected chi connectivity index (χ2v) is 6.46. The van der Waals surface area contributed by atoms with Crippen LogP contribution in [0.3, 0.4) is 0 Å².